The van der Waals surface area contributed by atoms with Crippen LogP contribution in [-0.2, 0) is 19.4 Å². The maximum Gasteiger partial charge on any atom is 0.0419 e. The van der Waals surface area contributed by atoms with E-state index in [2.05, 4.69) is 59.2 Å². The molecule has 1 aliphatic heterocycles. The van der Waals surface area contributed by atoms with Gasteiger partial charge in [-0.25, -0.2) is 0 Å². The van der Waals surface area contributed by atoms with Crippen LogP contribution in [0.4, 0.5) is 5.69 Å². The van der Waals surface area contributed by atoms with Crippen molar-refractivity contribution in [3.05, 3.63) is 65.2 Å². The van der Waals surface area contributed by atoms with Crippen molar-refractivity contribution in [3.8, 4) is 0 Å². The molecule has 0 saturated heterocycles. The highest BCUT2D eigenvalue weighted by molar-refractivity contribution is 5.85. The molecule has 2 nitrogen and oxygen atoms in total. The zero-order valence-corrected chi connectivity index (χ0v) is 12.4. The number of nitrogens with one attached hydrogen (secondary N) is 2. The summed E-state index contributed by atoms with van der Waals surface area (Å²) < 4.78 is 0. The molecule has 0 aliphatic carbocycles. The molecule has 0 radical (unpaired) electrons. The minimum Gasteiger partial charge on any atom is -0.384 e. The van der Waals surface area contributed by atoms with Gasteiger partial charge in [-0.3, -0.25) is 0 Å². The fourth-order valence-corrected chi connectivity index (χ4v) is 2.66. The molecular formula is C17H21ClN2. The Bertz CT molecular complexity index is 540. The molecule has 1 heterocycles. The Balaban J connectivity index is 0.00000147. The van der Waals surface area contributed by atoms with Gasteiger partial charge in [-0.1, -0.05) is 48.5 Å². The van der Waals surface area contributed by atoms with Gasteiger partial charge in [0.05, 0.1) is 0 Å². The first kappa shape index (κ1) is 14.9. The highest BCUT2D eigenvalue weighted by atomic mass is 35.5. The highest BCUT2D eigenvalue weighted by Crippen LogP contribution is 2.26. The van der Waals surface area contributed by atoms with Gasteiger partial charge in [-0.05, 0) is 36.1 Å². The lowest BCUT2D eigenvalue weighted by atomic mass is 10.1. The summed E-state index contributed by atoms with van der Waals surface area (Å²) in [7, 11) is 0. The largest absolute Gasteiger partial charge is 0.384 e. The van der Waals surface area contributed by atoms with Crippen molar-refractivity contribution in [2.75, 3.05) is 18.4 Å². The number of benzene rings is 2. The van der Waals surface area contributed by atoms with Gasteiger partial charge >= 0.3 is 0 Å². The van der Waals surface area contributed by atoms with E-state index in [1.807, 2.05) is 0 Å². The van der Waals surface area contributed by atoms with Crippen LogP contribution in [0.1, 0.15) is 16.7 Å². The van der Waals surface area contributed by atoms with Crippen molar-refractivity contribution < 1.29 is 0 Å². The van der Waals surface area contributed by atoms with Gasteiger partial charge in [-0.15, -0.1) is 12.4 Å². The van der Waals surface area contributed by atoms with Crippen LogP contribution in [0.5, 0.6) is 0 Å². The maximum absolute atomic E-state index is 3.54. The third-order valence-corrected chi connectivity index (χ3v) is 3.68. The molecule has 0 fully saturated rings. The first-order valence-electron chi connectivity index (χ1n) is 7.03. The number of hydrogen-bond donors (Lipinski definition) is 2. The van der Waals surface area contributed by atoms with E-state index >= 15 is 0 Å². The number of anilines is 1. The minimum atomic E-state index is 0. The van der Waals surface area contributed by atoms with Gasteiger partial charge in [0, 0.05) is 18.8 Å². The Morgan fingerprint density at radius 3 is 2.70 bits per heavy atom. The molecule has 2 aromatic carbocycles. The Morgan fingerprint density at radius 1 is 1.00 bits per heavy atom. The summed E-state index contributed by atoms with van der Waals surface area (Å²) in [6.45, 7) is 3.05. The summed E-state index contributed by atoms with van der Waals surface area (Å²) in [6.07, 6.45) is 2.25. The van der Waals surface area contributed by atoms with E-state index in [0.717, 1.165) is 32.5 Å². The fourth-order valence-electron chi connectivity index (χ4n) is 2.66. The number of rotatable bonds is 5. The van der Waals surface area contributed by atoms with Crippen molar-refractivity contribution >= 4 is 18.1 Å². The molecule has 2 N–H and O–H groups in total. The normalized spacial score (nSPS) is 12.4. The summed E-state index contributed by atoms with van der Waals surface area (Å²) in [4.78, 5) is 0. The van der Waals surface area contributed by atoms with E-state index in [1.54, 1.807) is 0 Å². The van der Waals surface area contributed by atoms with Gasteiger partial charge in [0.25, 0.3) is 0 Å². The molecule has 0 spiro atoms. The molecule has 0 amide bonds. The summed E-state index contributed by atoms with van der Waals surface area (Å²) >= 11 is 0. The lowest BCUT2D eigenvalue weighted by molar-refractivity contribution is 0.688. The SMILES string of the molecule is Cl.c1ccc(CCNCc2cccc3c2NCC3)cc1. The van der Waals surface area contributed by atoms with Crippen LogP contribution in [0.3, 0.4) is 0 Å². The average molecular weight is 289 g/mol. The average Bonchev–Trinajstić information content (AvgIpc) is 2.94. The first-order chi connectivity index (χ1) is 9.43. The topological polar surface area (TPSA) is 24.1 Å². The van der Waals surface area contributed by atoms with Gasteiger partial charge in [-0.2, -0.15) is 0 Å². The van der Waals surface area contributed by atoms with Crippen molar-refractivity contribution in [2.45, 2.75) is 19.4 Å². The molecule has 0 bridgehead atoms. The summed E-state index contributed by atoms with van der Waals surface area (Å²) in [6, 6.07) is 17.2. The summed E-state index contributed by atoms with van der Waals surface area (Å²) in [5, 5.41) is 7.03. The quantitative estimate of drug-likeness (QED) is 0.824. The third kappa shape index (κ3) is 3.53. The second-order valence-electron chi connectivity index (χ2n) is 5.04. The summed E-state index contributed by atoms with van der Waals surface area (Å²) in [5.41, 5.74) is 5.60. The molecule has 0 saturated carbocycles. The minimum absolute atomic E-state index is 0. The Labute approximate surface area is 127 Å². The molecule has 0 unspecified atom stereocenters. The smallest absolute Gasteiger partial charge is 0.0419 e. The van der Waals surface area contributed by atoms with Gasteiger partial charge < -0.3 is 10.6 Å². The highest BCUT2D eigenvalue weighted by Gasteiger charge is 2.12. The summed E-state index contributed by atoms with van der Waals surface area (Å²) in [5.74, 6) is 0. The number of halogens is 1. The Kier molecular flexibility index (Phi) is 5.45. The lowest BCUT2D eigenvalue weighted by Gasteiger charge is -2.10. The third-order valence-electron chi connectivity index (χ3n) is 3.68. The molecular weight excluding hydrogens is 268 g/mol. The second-order valence-corrected chi connectivity index (χ2v) is 5.04. The second kappa shape index (κ2) is 7.32. The van der Waals surface area contributed by atoms with Crippen LogP contribution in [-0.4, -0.2) is 13.1 Å². The van der Waals surface area contributed by atoms with Crippen molar-refractivity contribution in [1.29, 1.82) is 0 Å². The lowest BCUT2D eigenvalue weighted by Crippen LogP contribution is -2.17. The predicted octanol–water partition coefficient (Wildman–Crippen LogP) is 3.41. The monoisotopic (exact) mass is 288 g/mol. The fraction of sp³-hybridized carbons (Fsp3) is 0.294. The van der Waals surface area contributed by atoms with Gasteiger partial charge in [0.15, 0.2) is 0 Å². The first-order valence-corrected chi connectivity index (χ1v) is 7.03. The van der Waals surface area contributed by atoms with E-state index in [1.165, 1.54) is 22.4 Å². The Hall–Kier alpha value is -1.51. The van der Waals surface area contributed by atoms with Crippen molar-refractivity contribution in [3.63, 3.8) is 0 Å². The zero-order chi connectivity index (χ0) is 12.9. The molecule has 3 heteroatoms. The van der Waals surface area contributed by atoms with Crippen LogP contribution in [0.2, 0.25) is 0 Å². The van der Waals surface area contributed by atoms with Crippen molar-refractivity contribution in [2.24, 2.45) is 0 Å². The van der Waals surface area contributed by atoms with E-state index in [4.69, 9.17) is 0 Å². The molecule has 106 valence electrons. The van der Waals surface area contributed by atoms with E-state index in [-0.39, 0.29) is 12.4 Å². The number of para-hydroxylation sites is 1. The predicted molar refractivity (Wildman–Crippen MR) is 87.7 cm³/mol. The number of fused-ring (bicyclic) bond motifs is 1. The van der Waals surface area contributed by atoms with Crippen LogP contribution >= 0.6 is 12.4 Å². The van der Waals surface area contributed by atoms with Crippen molar-refractivity contribution in [1.82, 2.24) is 5.32 Å². The van der Waals surface area contributed by atoms with Crippen LogP contribution < -0.4 is 10.6 Å². The molecule has 20 heavy (non-hydrogen) atoms. The number of hydrogen-bond acceptors (Lipinski definition) is 2. The van der Waals surface area contributed by atoms with Crippen LogP contribution in [0.15, 0.2) is 48.5 Å². The molecule has 0 aromatic heterocycles. The van der Waals surface area contributed by atoms with E-state index in [0.29, 0.717) is 0 Å². The van der Waals surface area contributed by atoms with Gasteiger partial charge in [0.2, 0.25) is 0 Å². The van der Waals surface area contributed by atoms with E-state index < -0.39 is 0 Å². The van der Waals surface area contributed by atoms with Crippen LogP contribution in [0.25, 0.3) is 0 Å². The Morgan fingerprint density at radius 2 is 1.85 bits per heavy atom. The molecule has 2 aromatic rings. The molecule has 0 atom stereocenters. The van der Waals surface area contributed by atoms with E-state index in [9.17, 15) is 0 Å². The van der Waals surface area contributed by atoms with Crippen LogP contribution in [0, 0.1) is 0 Å². The zero-order valence-electron chi connectivity index (χ0n) is 11.6. The maximum atomic E-state index is 3.54. The molecule has 3 rings (SSSR count). The standard InChI is InChI=1S/C17H20N2.ClH/c1-2-5-14(6-3-1)9-11-18-13-16-8-4-7-15-10-12-19-17(15)16;/h1-8,18-19H,9-13H2;1H. The molecule has 1 aliphatic rings. The van der Waals surface area contributed by atoms with Gasteiger partial charge in [0.1, 0.15) is 0 Å².